The number of carbonyl (C=O) groups excluding carboxylic acids is 2. The minimum Gasteiger partial charge on any atom is -0.274 e. The van der Waals surface area contributed by atoms with Gasteiger partial charge in [-0.25, -0.2) is 13.1 Å². The maximum atomic E-state index is 13.8. The van der Waals surface area contributed by atoms with E-state index in [-0.39, 0.29) is 28.5 Å². The third kappa shape index (κ3) is 6.70. The molecule has 3 aromatic rings. The van der Waals surface area contributed by atoms with Crippen molar-refractivity contribution in [3.8, 4) is 23.0 Å². The van der Waals surface area contributed by atoms with Crippen LogP contribution in [0.5, 0.6) is 0 Å². The van der Waals surface area contributed by atoms with E-state index in [1.54, 1.807) is 52.4 Å². The van der Waals surface area contributed by atoms with Gasteiger partial charge in [0.05, 0.1) is 10.6 Å². The zero-order valence-corrected chi connectivity index (χ0v) is 26.9. The van der Waals surface area contributed by atoms with Gasteiger partial charge in [-0.3, -0.25) is 14.5 Å². The van der Waals surface area contributed by atoms with Crippen LogP contribution in [0.15, 0.2) is 82.4 Å². The third-order valence-corrected chi connectivity index (χ3v) is 10.3. The Labute approximate surface area is 265 Å². The first-order valence-corrected chi connectivity index (χ1v) is 17.0. The number of amides is 2. The predicted molar refractivity (Wildman–Crippen MR) is 173 cm³/mol. The fourth-order valence-electron chi connectivity index (χ4n) is 5.93. The van der Waals surface area contributed by atoms with Crippen LogP contribution in [0, 0.1) is 17.2 Å². The molecule has 2 aliphatic rings. The first-order valence-electron chi connectivity index (χ1n) is 15.6. The molecule has 5 rings (SSSR count). The van der Waals surface area contributed by atoms with Crippen LogP contribution in [0.1, 0.15) is 64.9 Å². The second-order valence-electron chi connectivity index (χ2n) is 11.8. The number of sulfonamides is 1. The molecule has 2 aliphatic heterocycles. The number of piperidine rings is 1. The number of aromatic nitrogens is 2. The number of imide groups is 1. The molecule has 1 saturated heterocycles. The maximum absolute atomic E-state index is 13.8. The molecule has 1 fully saturated rings. The summed E-state index contributed by atoms with van der Waals surface area (Å²) in [6.07, 6.45) is 8.81. The number of benzene rings is 2. The van der Waals surface area contributed by atoms with E-state index in [2.05, 4.69) is 13.8 Å². The molecular weight excluding hydrogens is 586 g/mol. The Bertz CT molecular complexity index is 1800. The predicted octanol–water partition coefficient (Wildman–Crippen LogP) is 6.13. The molecule has 0 aliphatic carbocycles. The molecule has 1 unspecified atom stereocenters. The monoisotopic (exact) mass is 625 g/mol. The van der Waals surface area contributed by atoms with Gasteiger partial charge in [0.25, 0.3) is 11.8 Å². The van der Waals surface area contributed by atoms with Gasteiger partial charge >= 0.3 is 0 Å². The lowest BCUT2D eigenvalue weighted by Crippen LogP contribution is -2.43. The van der Waals surface area contributed by atoms with Gasteiger partial charge in [-0.1, -0.05) is 63.4 Å². The molecule has 0 bridgehead atoms. The number of carbonyl (C=O) groups is 2. The Kier molecular flexibility index (Phi) is 9.80. The summed E-state index contributed by atoms with van der Waals surface area (Å²) in [6, 6.07) is 18.2. The van der Waals surface area contributed by atoms with E-state index in [0.717, 1.165) is 37.8 Å². The van der Waals surface area contributed by atoms with Crippen LogP contribution >= 0.6 is 0 Å². The summed E-state index contributed by atoms with van der Waals surface area (Å²) in [4.78, 5) is 28.2. The van der Waals surface area contributed by atoms with Crippen molar-refractivity contribution in [2.24, 2.45) is 5.92 Å². The minimum absolute atomic E-state index is 0.0582. The average Bonchev–Trinajstić information content (AvgIpc) is 3.47. The molecule has 3 heterocycles. The van der Waals surface area contributed by atoms with E-state index >= 15 is 0 Å². The highest BCUT2D eigenvalue weighted by atomic mass is 32.2. The number of unbranched alkanes of at least 4 members (excludes halogenated alkanes) is 3. The zero-order valence-electron chi connectivity index (χ0n) is 26.1. The van der Waals surface area contributed by atoms with Gasteiger partial charge in [-0.15, -0.1) is 0 Å². The van der Waals surface area contributed by atoms with Crippen molar-refractivity contribution < 1.29 is 18.0 Å². The number of rotatable bonds is 10. The summed E-state index contributed by atoms with van der Waals surface area (Å²) < 4.78 is 30.6. The van der Waals surface area contributed by atoms with Crippen LogP contribution in [0.3, 0.4) is 0 Å². The Hall–Kier alpha value is -4.33. The largest absolute Gasteiger partial charge is 0.274 e. The van der Waals surface area contributed by atoms with Crippen molar-refractivity contribution in [3.05, 3.63) is 83.1 Å². The van der Waals surface area contributed by atoms with E-state index in [9.17, 15) is 23.3 Å². The van der Waals surface area contributed by atoms with Gasteiger partial charge in [-0.2, -0.15) is 14.7 Å². The van der Waals surface area contributed by atoms with Crippen molar-refractivity contribution in [2.75, 3.05) is 19.6 Å². The highest BCUT2D eigenvalue weighted by Gasteiger charge is 2.35. The Balaban J connectivity index is 1.61. The molecule has 0 saturated carbocycles. The van der Waals surface area contributed by atoms with Crippen LogP contribution < -0.4 is 0 Å². The van der Waals surface area contributed by atoms with Crippen LogP contribution in [0.25, 0.3) is 23.0 Å². The van der Waals surface area contributed by atoms with Crippen molar-refractivity contribution in [3.63, 3.8) is 0 Å². The molecule has 10 heteroatoms. The Morgan fingerprint density at radius 1 is 1.04 bits per heavy atom. The summed E-state index contributed by atoms with van der Waals surface area (Å²) in [7, 11) is -3.72. The molecule has 2 amide bonds. The lowest BCUT2D eigenvalue weighted by molar-refractivity contribution is -0.140. The van der Waals surface area contributed by atoms with Gasteiger partial charge in [-0.05, 0) is 68.0 Å². The number of hydrogen-bond donors (Lipinski definition) is 0. The standard InChI is InChI=1S/C35H39N5O4S/c1-4-5-6-10-19-39-34(41)31(26(3)32(22-36)35(39)42)21-28-24-40(29-15-8-7-9-16-29)37-33(28)27-14-11-17-30(20-27)45(43,44)38-18-12-13-25(2)23-38/h7-9,11,14-17,20-21,24-25H,4-6,10,12-13,18-19,23H2,1-3H3/b31-21+. The fourth-order valence-corrected chi connectivity index (χ4v) is 7.58. The van der Waals surface area contributed by atoms with Gasteiger partial charge < -0.3 is 0 Å². The van der Waals surface area contributed by atoms with E-state index in [0.29, 0.717) is 41.9 Å². The number of nitriles is 1. The van der Waals surface area contributed by atoms with Crippen molar-refractivity contribution in [2.45, 2.75) is 64.2 Å². The molecule has 1 aromatic heterocycles. The average molecular weight is 626 g/mol. The second kappa shape index (κ2) is 13.8. The third-order valence-electron chi connectivity index (χ3n) is 8.49. The fraction of sp³-hybridized carbons (Fsp3) is 0.371. The molecule has 234 valence electrons. The van der Waals surface area contributed by atoms with E-state index in [1.807, 2.05) is 36.4 Å². The smallest absolute Gasteiger partial charge is 0.271 e. The summed E-state index contributed by atoms with van der Waals surface area (Å²) >= 11 is 0. The minimum atomic E-state index is -3.72. The highest BCUT2D eigenvalue weighted by molar-refractivity contribution is 7.89. The lowest BCUT2D eigenvalue weighted by Gasteiger charge is -2.30. The van der Waals surface area contributed by atoms with Gasteiger partial charge in [0, 0.05) is 42.5 Å². The van der Waals surface area contributed by atoms with Crippen LogP contribution in [0.2, 0.25) is 0 Å². The molecule has 1 atom stereocenters. The van der Waals surface area contributed by atoms with Crippen LogP contribution in [-0.2, 0) is 19.6 Å². The molecule has 9 nitrogen and oxygen atoms in total. The summed E-state index contributed by atoms with van der Waals surface area (Å²) in [5.74, 6) is -0.738. The molecule has 45 heavy (non-hydrogen) atoms. The maximum Gasteiger partial charge on any atom is 0.271 e. The van der Waals surface area contributed by atoms with Crippen molar-refractivity contribution in [1.29, 1.82) is 5.26 Å². The summed E-state index contributed by atoms with van der Waals surface area (Å²) in [5.41, 5.74) is 2.87. The number of hydrogen-bond acceptors (Lipinski definition) is 6. The van der Waals surface area contributed by atoms with E-state index < -0.39 is 21.8 Å². The molecular formula is C35H39N5O4S. The zero-order chi connectivity index (χ0) is 32.1. The molecule has 2 aromatic carbocycles. The van der Waals surface area contributed by atoms with Gasteiger partial charge in [0.2, 0.25) is 10.0 Å². The first-order chi connectivity index (χ1) is 21.6. The normalized spacial score (nSPS) is 18.9. The highest BCUT2D eigenvalue weighted by Crippen LogP contribution is 2.33. The summed E-state index contributed by atoms with van der Waals surface area (Å²) in [5, 5.41) is 14.7. The van der Waals surface area contributed by atoms with E-state index in [4.69, 9.17) is 5.10 Å². The molecule has 0 spiro atoms. The lowest BCUT2D eigenvalue weighted by atomic mass is 9.93. The number of para-hydroxylation sites is 1. The Morgan fingerprint density at radius 3 is 2.53 bits per heavy atom. The SMILES string of the molecule is CCCCCCN1C(=O)C(C#N)=C(C)/C(=C\c2cn(-c3ccccc3)nc2-c2cccc(S(=O)(=O)N3CCCC(C)C3)c2)C1=O. The quantitative estimate of drug-likeness (QED) is 0.152. The summed E-state index contributed by atoms with van der Waals surface area (Å²) in [6.45, 7) is 6.97. The van der Waals surface area contributed by atoms with E-state index in [1.165, 1.54) is 4.90 Å². The van der Waals surface area contributed by atoms with Gasteiger partial charge in [0.1, 0.15) is 17.3 Å². The second-order valence-corrected chi connectivity index (χ2v) is 13.8. The molecule has 0 N–H and O–H groups in total. The van der Waals surface area contributed by atoms with Gasteiger partial charge in [0.15, 0.2) is 0 Å². The van der Waals surface area contributed by atoms with Crippen LogP contribution in [-0.4, -0.2) is 58.9 Å². The number of nitrogens with zero attached hydrogens (tertiary/aromatic N) is 5. The van der Waals surface area contributed by atoms with Crippen molar-refractivity contribution >= 4 is 27.9 Å². The molecule has 0 radical (unpaired) electrons. The topological polar surface area (TPSA) is 116 Å². The Morgan fingerprint density at radius 2 is 1.82 bits per heavy atom. The van der Waals surface area contributed by atoms with Crippen LogP contribution in [0.4, 0.5) is 0 Å². The first kappa shape index (κ1) is 32.1. The van der Waals surface area contributed by atoms with Crippen molar-refractivity contribution in [1.82, 2.24) is 19.0 Å².